The second-order valence-corrected chi connectivity index (χ2v) is 6.04. The fourth-order valence-corrected chi connectivity index (χ4v) is 2.90. The lowest BCUT2D eigenvalue weighted by Gasteiger charge is -2.00. The number of fused-ring (bicyclic) bond motifs is 1. The van der Waals surface area contributed by atoms with Gasteiger partial charge in [-0.25, -0.2) is 0 Å². The molecule has 8 heteroatoms. The van der Waals surface area contributed by atoms with Crippen molar-refractivity contribution >= 4 is 40.5 Å². The topological polar surface area (TPSA) is 78.7 Å². The van der Waals surface area contributed by atoms with Gasteiger partial charge in [0.2, 0.25) is 6.79 Å². The molecule has 0 amide bonds. The van der Waals surface area contributed by atoms with Gasteiger partial charge in [0.1, 0.15) is 0 Å². The monoisotopic (exact) mass is 337 g/mol. The molecule has 1 aliphatic rings. The fraction of sp³-hybridized carbons (Fsp3) is 0.0714. The molecule has 1 aromatic carbocycles. The van der Waals surface area contributed by atoms with E-state index in [9.17, 15) is 14.9 Å². The predicted octanol–water partition coefficient (Wildman–Crippen LogP) is 3.93. The van der Waals surface area contributed by atoms with E-state index < -0.39 is 4.92 Å². The van der Waals surface area contributed by atoms with E-state index in [4.69, 9.17) is 21.1 Å². The average molecular weight is 338 g/mol. The Labute approximate surface area is 133 Å². The Kier molecular flexibility index (Phi) is 3.82. The number of nitrogens with zero attached hydrogens (tertiary/aromatic N) is 1. The van der Waals surface area contributed by atoms with Crippen molar-refractivity contribution in [3.63, 3.8) is 0 Å². The lowest BCUT2D eigenvalue weighted by Crippen LogP contribution is -1.93. The van der Waals surface area contributed by atoms with E-state index in [1.165, 1.54) is 24.3 Å². The number of carbonyl (C=O) groups is 1. The summed E-state index contributed by atoms with van der Waals surface area (Å²) < 4.78 is 10.8. The van der Waals surface area contributed by atoms with E-state index in [2.05, 4.69) is 0 Å². The van der Waals surface area contributed by atoms with Crippen LogP contribution in [0.3, 0.4) is 0 Å². The molecule has 0 spiro atoms. The summed E-state index contributed by atoms with van der Waals surface area (Å²) in [7, 11) is 0. The minimum Gasteiger partial charge on any atom is -0.454 e. The van der Waals surface area contributed by atoms with Crippen molar-refractivity contribution in [1.29, 1.82) is 0 Å². The summed E-state index contributed by atoms with van der Waals surface area (Å²) in [6.45, 7) is 0.0201. The molecule has 1 aliphatic heterocycles. The molecular formula is C14H8ClNO5S. The number of rotatable bonds is 4. The van der Waals surface area contributed by atoms with Gasteiger partial charge in [0.25, 0.3) is 5.69 Å². The highest BCUT2D eigenvalue weighted by Gasteiger charge is 2.22. The van der Waals surface area contributed by atoms with Gasteiger partial charge in [-0.2, -0.15) is 0 Å². The van der Waals surface area contributed by atoms with Crippen LogP contribution < -0.4 is 9.47 Å². The van der Waals surface area contributed by atoms with Crippen LogP contribution in [0, 0.1) is 10.1 Å². The molecule has 6 nitrogen and oxygen atoms in total. The molecule has 0 unspecified atom stereocenters. The van der Waals surface area contributed by atoms with Crippen LogP contribution in [0.1, 0.15) is 15.2 Å². The largest absolute Gasteiger partial charge is 0.454 e. The SMILES string of the molecule is O=C(/C=C/c1cc2c(cc1[N+](=O)[O-])OCO2)c1ccc(Cl)s1. The number of nitro groups is 1. The molecule has 0 aliphatic carbocycles. The van der Waals surface area contributed by atoms with Gasteiger partial charge in [-0.15, -0.1) is 11.3 Å². The molecule has 3 rings (SSSR count). The average Bonchev–Trinajstić information content (AvgIpc) is 3.11. The zero-order valence-corrected chi connectivity index (χ0v) is 12.5. The third-order valence-corrected chi connectivity index (χ3v) is 4.19. The van der Waals surface area contributed by atoms with Crippen molar-refractivity contribution in [2.75, 3.05) is 6.79 Å². The Balaban J connectivity index is 1.92. The molecule has 2 aromatic rings. The summed E-state index contributed by atoms with van der Waals surface area (Å²) in [6.07, 6.45) is 2.66. The number of halogens is 1. The first kappa shape index (κ1) is 14.6. The molecule has 1 aromatic heterocycles. The number of carbonyl (C=O) groups excluding carboxylic acids is 1. The van der Waals surface area contributed by atoms with Crippen LogP contribution in [0.2, 0.25) is 4.34 Å². The number of allylic oxidation sites excluding steroid dienone is 1. The van der Waals surface area contributed by atoms with E-state index >= 15 is 0 Å². The third kappa shape index (κ3) is 2.81. The van der Waals surface area contributed by atoms with Crippen LogP contribution in [0.5, 0.6) is 11.5 Å². The highest BCUT2D eigenvalue weighted by molar-refractivity contribution is 7.18. The van der Waals surface area contributed by atoms with Gasteiger partial charge < -0.3 is 9.47 Å². The van der Waals surface area contributed by atoms with E-state index in [-0.39, 0.29) is 23.8 Å². The van der Waals surface area contributed by atoms with Crippen LogP contribution in [0.15, 0.2) is 30.3 Å². The molecule has 22 heavy (non-hydrogen) atoms. The van der Waals surface area contributed by atoms with Gasteiger partial charge in [0.05, 0.1) is 25.8 Å². The molecule has 0 saturated heterocycles. The van der Waals surface area contributed by atoms with Gasteiger partial charge in [-0.05, 0) is 30.4 Å². The zero-order valence-electron chi connectivity index (χ0n) is 10.9. The number of hydrogen-bond donors (Lipinski definition) is 0. The first-order chi connectivity index (χ1) is 10.5. The summed E-state index contributed by atoms with van der Waals surface area (Å²) in [5.41, 5.74) is 0.114. The van der Waals surface area contributed by atoms with Crippen molar-refractivity contribution < 1.29 is 19.2 Å². The Hall–Kier alpha value is -2.38. The van der Waals surface area contributed by atoms with Gasteiger partial charge >= 0.3 is 0 Å². The van der Waals surface area contributed by atoms with Crippen LogP contribution in [-0.2, 0) is 0 Å². The minimum absolute atomic E-state index is 0.0201. The standard InChI is InChI=1S/C14H8ClNO5S/c15-14-4-3-13(22-14)10(17)2-1-8-5-11-12(21-7-20-11)6-9(8)16(18)19/h1-6H,7H2/b2-1+. The van der Waals surface area contributed by atoms with Crippen LogP contribution in [0.4, 0.5) is 5.69 Å². The molecule has 0 bridgehead atoms. The highest BCUT2D eigenvalue weighted by Crippen LogP contribution is 2.38. The summed E-state index contributed by atoms with van der Waals surface area (Å²) in [5.74, 6) is 0.459. The first-order valence-corrected chi connectivity index (χ1v) is 7.30. The quantitative estimate of drug-likeness (QED) is 0.365. The van der Waals surface area contributed by atoms with Crippen molar-refractivity contribution in [2.24, 2.45) is 0 Å². The molecule has 0 radical (unpaired) electrons. The molecule has 0 N–H and O–H groups in total. The summed E-state index contributed by atoms with van der Waals surface area (Å²) in [5, 5.41) is 11.1. The van der Waals surface area contributed by atoms with Crippen molar-refractivity contribution in [2.45, 2.75) is 0 Å². The fourth-order valence-electron chi connectivity index (χ4n) is 1.93. The second kappa shape index (κ2) is 5.78. The second-order valence-electron chi connectivity index (χ2n) is 4.32. The summed E-state index contributed by atoms with van der Waals surface area (Å²) >= 11 is 6.92. The minimum atomic E-state index is -0.534. The Morgan fingerprint density at radius 2 is 2.05 bits per heavy atom. The maximum atomic E-state index is 12.0. The lowest BCUT2D eigenvalue weighted by atomic mass is 10.1. The van der Waals surface area contributed by atoms with Gasteiger partial charge in [0.15, 0.2) is 17.3 Å². The number of thiophene rings is 1. The van der Waals surface area contributed by atoms with E-state index in [1.807, 2.05) is 0 Å². The lowest BCUT2D eigenvalue weighted by molar-refractivity contribution is -0.385. The van der Waals surface area contributed by atoms with Crippen LogP contribution in [-0.4, -0.2) is 17.5 Å². The van der Waals surface area contributed by atoms with Crippen molar-refractivity contribution in [3.8, 4) is 11.5 Å². The Bertz CT molecular complexity index is 799. The van der Waals surface area contributed by atoms with Gasteiger partial charge in [0, 0.05) is 0 Å². The maximum absolute atomic E-state index is 12.0. The smallest absolute Gasteiger partial charge is 0.280 e. The first-order valence-electron chi connectivity index (χ1n) is 6.10. The maximum Gasteiger partial charge on any atom is 0.280 e. The van der Waals surface area contributed by atoms with Crippen LogP contribution in [0.25, 0.3) is 6.08 Å². The van der Waals surface area contributed by atoms with E-state index in [0.717, 1.165) is 11.3 Å². The summed E-state index contributed by atoms with van der Waals surface area (Å²) in [6, 6.07) is 5.99. The van der Waals surface area contributed by atoms with E-state index in [0.29, 0.717) is 20.7 Å². The molecular weight excluding hydrogens is 330 g/mol. The van der Waals surface area contributed by atoms with Crippen molar-refractivity contribution in [3.05, 3.63) is 55.2 Å². The predicted molar refractivity (Wildman–Crippen MR) is 81.9 cm³/mol. The van der Waals surface area contributed by atoms with Gasteiger partial charge in [-0.3, -0.25) is 14.9 Å². The third-order valence-electron chi connectivity index (χ3n) is 2.95. The zero-order chi connectivity index (χ0) is 15.7. The van der Waals surface area contributed by atoms with Gasteiger partial charge in [-0.1, -0.05) is 11.6 Å². The highest BCUT2D eigenvalue weighted by atomic mass is 35.5. The summed E-state index contributed by atoms with van der Waals surface area (Å²) in [4.78, 5) is 23.0. The Morgan fingerprint density at radius 3 is 2.68 bits per heavy atom. The number of ether oxygens (including phenoxy) is 2. The van der Waals surface area contributed by atoms with Crippen LogP contribution >= 0.6 is 22.9 Å². The molecule has 2 heterocycles. The molecule has 0 fully saturated rings. The normalized spacial score (nSPS) is 12.8. The Morgan fingerprint density at radius 1 is 1.32 bits per heavy atom. The van der Waals surface area contributed by atoms with E-state index in [1.54, 1.807) is 12.1 Å². The van der Waals surface area contributed by atoms with Crippen molar-refractivity contribution in [1.82, 2.24) is 0 Å². The number of ketones is 1. The molecule has 112 valence electrons. The number of hydrogen-bond acceptors (Lipinski definition) is 6. The molecule has 0 saturated carbocycles. The number of nitro benzene ring substituents is 1. The number of benzene rings is 1. The molecule has 0 atom stereocenters.